The predicted molar refractivity (Wildman–Crippen MR) is 98.3 cm³/mol. The zero-order valence-electron chi connectivity index (χ0n) is 14.5. The second kappa shape index (κ2) is 8.29. The van der Waals surface area contributed by atoms with E-state index in [-0.39, 0.29) is 18.3 Å². The van der Waals surface area contributed by atoms with Crippen molar-refractivity contribution in [3.05, 3.63) is 71.9 Å². The van der Waals surface area contributed by atoms with Crippen LogP contribution < -0.4 is 10.1 Å². The van der Waals surface area contributed by atoms with Crippen LogP contribution in [0.15, 0.2) is 54.9 Å². The SMILES string of the molecule is CCCOc1ccc(/C=C/C(=O)NCc2cn3cc(F)ccc3n2)cc1. The summed E-state index contributed by atoms with van der Waals surface area (Å²) < 4.78 is 20.3. The number of ether oxygens (including phenoxy) is 1. The minimum Gasteiger partial charge on any atom is -0.494 e. The van der Waals surface area contributed by atoms with Gasteiger partial charge in [0.2, 0.25) is 5.91 Å². The van der Waals surface area contributed by atoms with Gasteiger partial charge in [0.05, 0.1) is 18.8 Å². The summed E-state index contributed by atoms with van der Waals surface area (Å²) in [4.78, 5) is 16.3. The molecule has 0 saturated carbocycles. The fourth-order valence-electron chi connectivity index (χ4n) is 2.41. The molecule has 0 bridgehead atoms. The first-order chi connectivity index (χ1) is 12.6. The Kier molecular flexibility index (Phi) is 5.63. The lowest BCUT2D eigenvalue weighted by atomic mass is 10.2. The standard InChI is InChI=1S/C20H20FN3O2/c1-2-11-26-18-7-3-15(4-8-18)5-10-20(25)22-12-17-14-24-13-16(21)6-9-19(24)23-17/h3-10,13-14H,2,11-12H2,1H3,(H,22,25)/b10-5+. The van der Waals surface area contributed by atoms with E-state index in [0.29, 0.717) is 17.9 Å². The highest BCUT2D eigenvalue weighted by Crippen LogP contribution is 2.13. The Hall–Kier alpha value is -3.15. The maximum absolute atomic E-state index is 13.2. The Balaban J connectivity index is 1.53. The molecule has 2 aromatic heterocycles. The number of hydrogen-bond acceptors (Lipinski definition) is 3. The number of pyridine rings is 1. The number of benzene rings is 1. The van der Waals surface area contributed by atoms with Crippen LogP contribution in [0.1, 0.15) is 24.6 Å². The van der Waals surface area contributed by atoms with Gasteiger partial charge in [-0.3, -0.25) is 4.79 Å². The fraction of sp³-hybridized carbons (Fsp3) is 0.200. The number of imidazole rings is 1. The van der Waals surface area contributed by atoms with Crippen molar-refractivity contribution in [3.63, 3.8) is 0 Å². The third-order valence-corrected chi connectivity index (χ3v) is 3.69. The molecule has 26 heavy (non-hydrogen) atoms. The minimum atomic E-state index is -0.334. The number of carbonyl (C=O) groups is 1. The van der Waals surface area contributed by atoms with Crippen LogP contribution in [0.25, 0.3) is 11.7 Å². The number of rotatable bonds is 7. The Labute approximate surface area is 151 Å². The lowest BCUT2D eigenvalue weighted by Gasteiger charge is -2.04. The maximum atomic E-state index is 13.2. The summed E-state index contributed by atoms with van der Waals surface area (Å²) in [5, 5.41) is 2.76. The molecule has 6 heteroatoms. The minimum absolute atomic E-state index is 0.223. The van der Waals surface area contributed by atoms with Crippen molar-refractivity contribution >= 4 is 17.6 Å². The zero-order chi connectivity index (χ0) is 18.4. The molecular weight excluding hydrogens is 333 g/mol. The van der Waals surface area contributed by atoms with Crippen molar-refractivity contribution in [3.8, 4) is 5.75 Å². The molecule has 0 spiro atoms. The number of hydrogen-bond donors (Lipinski definition) is 1. The van der Waals surface area contributed by atoms with Gasteiger partial charge in [-0.2, -0.15) is 0 Å². The van der Waals surface area contributed by atoms with Crippen LogP contribution in [0.3, 0.4) is 0 Å². The molecule has 0 aliphatic carbocycles. The van der Waals surface area contributed by atoms with Gasteiger partial charge in [0.1, 0.15) is 17.2 Å². The van der Waals surface area contributed by atoms with Crippen molar-refractivity contribution in [2.75, 3.05) is 6.61 Å². The van der Waals surface area contributed by atoms with Crippen molar-refractivity contribution in [1.82, 2.24) is 14.7 Å². The Morgan fingerprint density at radius 2 is 2.04 bits per heavy atom. The number of halogens is 1. The third-order valence-electron chi connectivity index (χ3n) is 3.69. The van der Waals surface area contributed by atoms with Gasteiger partial charge in [0, 0.05) is 18.5 Å². The van der Waals surface area contributed by atoms with E-state index < -0.39 is 0 Å². The smallest absolute Gasteiger partial charge is 0.244 e. The molecule has 0 unspecified atom stereocenters. The van der Waals surface area contributed by atoms with E-state index >= 15 is 0 Å². The van der Waals surface area contributed by atoms with Crippen molar-refractivity contribution < 1.29 is 13.9 Å². The first-order valence-corrected chi connectivity index (χ1v) is 8.46. The molecule has 0 fully saturated rings. The average molecular weight is 353 g/mol. The second-order valence-corrected chi connectivity index (χ2v) is 5.81. The molecule has 0 aliphatic heterocycles. The lowest BCUT2D eigenvalue weighted by Crippen LogP contribution is -2.20. The Bertz CT molecular complexity index is 916. The Morgan fingerprint density at radius 1 is 1.23 bits per heavy atom. The summed E-state index contributed by atoms with van der Waals surface area (Å²) in [6, 6.07) is 10.5. The lowest BCUT2D eigenvalue weighted by molar-refractivity contribution is -0.116. The summed E-state index contributed by atoms with van der Waals surface area (Å²) >= 11 is 0. The van der Waals surface area contributed by atoms with Crippen LogP contribution in [0, 0.1) is 5.82 Å². The van der Waals surface area contributed by atoms with Gasteiger partial charge in [-0.1, -0.05) is 19.1 Å². The topological polar surface area (TPSA) is 55.6 Å². The highest BCUT2D eigenvalue weighted by molar-refractivity contribution is 5.91. The summed E-state index contributed by atoms with van der Waals surface area (Å²) in [7, 11) is 0. The van der Waals surface area contributed by atoms with Crippen LogP contribution in [0.4, 0.5) is 4.39 Å². The number of nitrogens with one attached hydrogen (secondary N) is 1. The summed E-state index contributed by atoms with van der Waals surface area (Å²) in [5.41, 5.74) is 2.21. The average Bonchev–Trinajstić information content (AvgIpc) is 3.06. The molecule has 134 valence electrons. The molecule has 2 heterocycles. The van der Waals surface area contributed by atoms with Crippen molar-refractivity contribution in [2.45, 2.75) is 19.9 Å². The van der Waals surface area contributed by atoms with E-state index in [1.807, 2.05) is 24.3 Å². The van der Waals surface area contributed by atoms with E-state index in [0.717, 1.165) is 17.7 Å². The van der Waals surface area contributed by atoms with Gasteiger partial charge in [-0.15, -0.1) is 0 Å². The molecule has 0 aliphatic rings. The van der Waals surface area contributed by atoms with E-state index in [4.69, 9.17) is 4.74 Å². The highest BCUT2D eigenvalue weighted by Gasteiger charge is 2.04. The van der Waals surface area contributed by atoms with Crippen LogP contribution in [0.5, 0.6) is 5.75 Å². The van der Waals surface area contributed by atoms with Crippen molar-refractivity contribution in [2.24, 2.45) is 0 Å². The molecule has 1 amide bonds. The third kappa shape index (κ3) is 4.69. The molecular formula is C20H20FN3O2. The van der Waals surface area contributed by atoms with Gasteiger partial charge in [-0.25, -0.2) is 9.37 Å². The predicted octanol–water partition coefficient (Wildman–Crippen LogP) is 3.59. The number of carbonyl (C=O) groups excluding carboxylic acids is 1. The first-order valence-electron chi connectivity index (χ1n) is 8.46. The molecule has 0 atom stereocenters. The van der Waals surface area contributed by atoms with E-state index in [9.17, 15) is 9.18 Å². The van der Waals surface area contributed by atoms with Gasteiger partial charge >= 0.3 is 0 Å². The normalized spacial score (nSPS) is 11.2. The van der Waals surface area contributed by atoms with Gasteiger partial charge in [0.15, 0.2) is 0 Å². The van der Waals surface area contributed by atoms with E-state index in [1.165, 1.54) is 18.3 Å². The number of nitrogens with zero attached hydrogens (tertiary/aromatic N) is 2. The largest absolute Gasteiger partial charge is 0.494 e. The van der Waals surface area contributed by atoms with Crippen LogP contribution >= 0.6 is 0 Å². The van der Waals surface area contributed by atoms with E-state index in [1.54, 1.807) is 22.7 Å². The highest BCUT2D eigenvalue weighted by atomic mass is 19.1. The summed E-state index contributed by atoms with van der Waals surface area (Å²) in [5.74, 6) is 0.260. The van der Waals surface area contributed by atoms with Crippen LogP contribution in [-0.2, 0) is 11.3 Å². The molecule has 3 rings (SSSR count). The molecule has 0 radical (unpaired) electrons. The maximum Gasteiger partial charge on any atom is 0.244 e. The van der Waals surface area contributed by atoms with Crippen LogP contribution in [0.2, 0.25) is 0 Å². The number of aromatic nitrogens is 2. The van der Waals surface area contributed by atoms with E-state index in [2.05, 4.69) is 17.2 Å². The summed E-state index contributed by atoms with van der Waals surface area (Å²) in [6.07, 6.45) is 7.21. The van der Waals surface area contributed by atoms with Gasteiger partial charge in [0.25, 0.3) is 0 Å². The molecule has 0 saturated heterocycles. The zero-order valence-corrected chi connectivity index (χ0v) is 14.5. The fourth-order valence-corrected chi connectivity index (χ4v) is 2.41. The first kappa shape index (κ1) is 17.7. The molecule has 1 N–H and O–H groups in total. The quantitative estimate of drug-likeness (QED) is 0.661. The molecule has 3 aromatic rings. The van der Waals surface area contributed by atoms with Gasteiger partial charge < -0.3 is 14.5 Å². The second-order valence-electron chi connectivity index (χ2n) is 5.81. The molecule has 5 nitrogen and oxygen atoms in total. The Morgan fingerprint density at radius 3 is 2.81 bits per heavy atom. The van der Waals surface area contributed by atoms with Crippen LogP contribution in [-0.4, -0.2) is 21.9 Å². The number of fused-ring (bicyclic) bond motifs is 1. The van der Waals surface area contributed by atoms with Gasteiger partial charge in [-0.05, 0) is 42.3 Å². The molecule has 1 aromatic carbocycles. The number of amides is 1. The van der Waals surface area contributed by atoms with Crippen molar-refractivity contribution in [1.29, 1.82) is 0 Å². The summed E-state index contributed by atoms with van der Waals surface area (Å²) in [6.45, 7) is 3.02. The monoisotopic (exact) mass is 353 g/mol.